The van der Waals surface area contributed by atoms with E-state index in [0.29, 0.717) is 18.7 Å². The Bertz CT molecular complexity index is 1430. The number of ether oxygens (including phenoxy) is 1. The van der Waals surface area contributed by atoms with Gasteiger partial charge in [0.1, 0.15) is 5.75 Å². The van der Waals surface area contributed by atoms with Gasteiger partial charge in [-0.15, -0.1) is 0 Å². The molecule has 5 aromatic rings. The van der Waals surface area contributed by atoms with Gasteiger partial charge < -0.3 is 15.0 Å². The highest BCUT2D eigenvalue weighted by Gasteiger charge is 2.18. The molecule has 0 unspecified atom stereocenters. The van der Waals surface area contributed by atoms with Crippen LogP contribution in [0.15, 0.2) is 84.9 Å². The van der Waals surface area contributed by atoms with Crippen molar-refractivity contribution in [3.8, 4) is 16.9 Å². The van der Waals surface area contributed by atoms with Crippen LogP contribution in [0.2, 0.25) is 0 Å². The fourth-order valence-electron chi connectivity index (χ4n) is 4.33. The summed E-state index contributed by atoms with van der Waals surface area (Å²) in [5, 5.41) is 1.73. The van der Waals surface area contributed by atoms with Crippen LogP contribution in [0.5, 0.6) is 5.75 Å². The van der Waals surface area contributed by atoms with Gasteiger partial charge in [0, 0.05) is 21.9 Å². The number of hydrogen-bond donors (Lipinski definition) is 1. The maximum atomic E-state index is 12.2. The van der Waals surface area contributed by atoms with Gasteiger partial charge in [0.2, 0.25) is 5.91 Å². The quantitative estimate of drug-likeness (QED) is 0.378. The van der Waals surface area contributed by atoms with Gasteiger partial charge in [-0.1, -0.05) is 54.6 Å². The topological polar surface area (TPSA) is 57.2 Å². The smallest absolute Gasteiger partial charge is 0.249 e. The molecule has 32 heavy (non-hydrogen) atoms. The molecular formula is C28H23N2O2. The number of primary amides is 1. The number of benzene rings is 4. The molecular weight excluding hydrogens is 396 g/mol. The highest BCUT2D eigenvalue weighted by molar-refractivity contribution is 6.18. The third-order valence-electron chi connectivity index (χ3n) is 5.77. The lowest BCUT2D eigenvalue weighted by molar-refractivity contribution is 0.100. The van der Waals surface area contributed by atoms with Crippen LogP contribution >= 0.6 is 0 Å². The van der Waals surface area contributed by atoms with Crippen molar-refractivity contribution in [2.75, 3.05) is 6.61 Å². The molecule has 0 bridgehead atoms. The average Bonchev–Trinajstić information content (AvgIpc) is 3.14. The zero-order chi connectivity index (χ0) is 22.1. The summed E-state index contributed by atoms with van der Waals surface area (Å²) in [6.45, 7) is 3.18. The molecule has 0 saturated heterocycles. The molecule has 0 aliphatic rings. The van der Waals surface area contributed by atoms with E-state index < -0.39 is 5.91 Å². The molecule has 4 heteroatoms. The van der Waals surface area contributed by atoms with Crippen molar-refractivity contribution in [2.45, 2.75) is 13.5 Å². The van der Waals surface area contributed by atoms with Crippen molar-refractivity contribution in [3.63, 3.8) is 0 Å². The molecule has 0 aliphatic carbocycles. The summed E-state index contributed by atoms with van der Waals surface area (Å²) >= 11 is 0. The third-order valence-corrected chi connectivity index (χ3v) is 5.77. The Labute approximate surface area is 186 Å². The van der Waals surface area contributed by atoms with Gasteiger partial charge in [0.05, 0.1) is 24.2 Å². The second-order valence-electron chi connectivity index (χ2n) is 7.71. The Balaban J connectivity index is 1.79. The predicted octanol–water partition coefficient (Wildman–Crippen LogP) is 5.81. The number of rotatable bonds is 6. The predicted molar refractivity (Wildman–Crippen MR) is 129 cm³/mol. The van der Waals surface area contributed by atoms with Gasteiger partial charge in [0.15, 0.2) is 0 Å². The molecule has 0 saturated carbocycles. The monoisotopic (exact) mass is 419 g/mol. The van der Waals surface area contributed by atoms with E-state index in [1.165, 1.54) is 0 Å². The zero-order valence-electron chi connectivity index (χ0n) is 17.8. The van der Waals surface area contributed by atoms with Crippen molar-refractivity contribution in [2.24, 2.45) is 5.73 Å². The van der Waals surface area contributed by atoms with E-state index in [1.54, 1.807) is 6.07 Å². The summed E-state index contributed by atoms with van der Waals surface area (Å²) in [6, 6.07) is 31.6. The molecule has 1 radical (unpaired) electrons. The van der Waals surface area contributed by atoms with E-state index in [-0.39, 0.29) is 0 Å². The van der Waals surface area contributed by atoms with Crippen LogP contribution in [0.25, 0.3) is 32.9 Å². The molecule has 1 aromatic heterocycles. The molecule has 0 aliphatic heterocycles. The fraction of sp³-hybridized carbons (Fsp3) is 0.107. The number of fused-ring (bicyclic) bond motifs is 3. The second kappa shape index (κ2) is 8.23. The van der Waals surface area contributed by atoms with Crippen LogP contribution in [0.3, 0.4) is 0 Å². The Morgan fingerprint density at radius 3 is 2.50 bits per heavy atom. The van der Waals surface area contributed by atoms with Gasteiger partial charge in [-0.2, -0.15) is 0 Å². The van der Waals surface area contributed by atoms with E-state index in [4.69, 9.17) is 10.5 Å². The minimum Gasteiger partial charge on any atom is -0.494 e. The van der Waals surface area contributed by atoms with Gasteiger partial charge in [-0.05, 0) is 54.4 Å². The van der Waals surface area contributed by atoms with Crippen molar-refractivity contribution >= 4 is 27.7 Å². The van der Waals surface area contributed by atoms with Crippen molar-refractivity contribution in [1.29, 1.82) is 0 Å². The van der Waals surface area contributed by atoms with E-state index in [1.807, 2.05) is 61.5 Å². The maximum absolute atomic E-state index is 12.2. The average molecular weight is 420 g/mol. The zero-order valence-corrected chi connectivity index (χ0v) is 17.8. The summed E-state index contributed by atoms with van der Waals surface area (Å²) in [6.07, 6.45) is 0. The molecule has 1 heterocycles. The number of carbonyl (C=O) groups excluding carboxylic acids is 1. The lowest BCUT2D eigenvalue weighted by atomic mass is 10.0. The molecule has 4 nitrogen and oxygen atoms in total. The first-order valence-corrected chi connectivity index (χ1v) is 10.7. The highest BCUT2D eigenvalue weighted by Crippen LogP contribution is 2.35. The molecule has 0 spiro atoms. The molecule has 4 aromatic carbocycles. The first kappa shape index (κ1) is 19.9. The summed E-state index contributed by atoms with van der Waals surface area (Å²) in [7, 11) is 0. The summed E-state index contributed by atoms with van der Waals surface area (Å²) in [4.78, 5) is 12.2. The van der Waals surface area contributed by atoms with Gasteiger partial charge >= 0.3 is 0 Å². The lowest BCUT2D eigenvalue weighted by Crippen LogP contribution is -2.11. The Kier molecular flexibility index (Phi) is 5.12. The van der Waals surface area contributed by atoms with Crippen LogP contribution in [0.1, 0.15) is 22.8 Å². The number of aromatic nitrogens is 1. The second-order valence-corrected chi connectivity index (χ2v) is 7.71. The number of nitrogens with two attached hydrogens (primary N) is 1. The van der Waals surface area contributed by atoms with Gasteiger partial charge in [0.25, 0.3) is 0 Å². The van der Waals surface area contributed by atoms with Crippen LogP contribution in [0.4, 0.5) is 0 Å². The number of hydrogen-bond acceptors (Lipinski definition) is 2. The van der Waals surface area contributed by atoms with Crippen LogP contribution in [0, 0.1) is 6.07 Å². The van der Waals surface area contributed by atoms with Gasteiger partial charge in [-0.25, -0.2) is 0 Å². The van der Waals surface area contributed by atoms with Crippen LogP contribution in [-0.4, -0.2) is 17.1 Å². The Morgan fingerprint density at radius 1 is 0.938 bits per heavy atom. The molecule has 5 rings (SSSR count). The van der Waals surface area contributed by atoms with Crippen LogP contribution in [-0.2, 0) is 6.54 Å². The normalized spacial score (nSPS) is 11.2. The Hall–Kier alpha value is -4.05. The van der Waals surface area contributed by atoms with E-state index in [0.717, 1.165) is 44.2 Å². The fourth-order valence-corrected chi connectivity index (χ4v) is 4.33. The SMILES string of the molecule is CCOc1ccccc1Cn1c2cc(-c3ccccc3)c[c]c2c2c(C(N)=O)cccc21. The largest absolute Gasteiger partial charge is 0.494 e. The number of para-hydroxylation sites is 1. The molecule has 157 valence electrons. The summed E-state index contributed by atoms with van der Waals surface area (Å²) < 4.78 is 8.09. The maximum Gasteiger partial charge on any atom is 0.249 e. The molecule has 0 atom stereocenters. The number of amides is 1. The molecule has 0 fully saturated rings. The summed E-state index contributed by atoms with van der Waals surface area (Å²) in [5.41, 5.74) is 11.5. The van der Waals surface area contributed by atoms with Crippen molar-refractivity contribution in [3.05, 3.63) is 102 Å². The third kappa shape index (κ3) is 3.40. The first-order valence-electron chi connectivity index (χ1n) is 10.7. The highest BCUT2D eigenvalue weighted by atomic mass is 16.5. The standard InChI is InChI=1S/C28H23N2O2/c1-2-32-26-14-7-6-11-21(26)18-30-24-13-8-12-23(28(29)31)27(24)22-16-15-20(17-25(22)30)19-9-4-3-5-10-19/h3-15,17H,2,18H2,1H3,(H2,29,31). The lowest BCUT2D eigenvalue weighted by Gasteiger charge is -2.13. The summed E-state index contributed by atoms with van der Waals surface area (Å²) in [5.74, 6) is 0.421. The van der Waals surface area contributed by atoms with E-state index in [9.17, 15) is 4.79 Å². The van der Waals surface area contributed by atoms with Crippen molar-refractivity contribution in [1.82, 2.24) is 4.57 Å². The van der Waals surface area contributed by atoms with Gasteiger partial charge in [-0.3, -0.25) is 4.79 Å². The Morgan fingerprint density at radius 2 is 1.72 bits per heavy atom. The molecule has 1 amide bonds. The van der Waals surface area contributed by atoms with E-state index >= 15 is 0 Å². The molecule has 2 N–H and O–H groups in total. The van der Waals surface area contributed by atoms with Crippen LogP contribution < -0.4 is 10.5 Å². The van der Waals surface area contributed by atoms with Crippen molar-refractivity contribution < 1.29 is 9.53 Å². The number of carbonyl (C=O) groups is 1. The van der Waals surface area contributed by atoms with E-state index in [2.05, 4.69) is 34.9 Å². The minimum absolute atomic E-state index is 0.440. The first-order chi connectivity index (χ1) is 15.7. The number of nitrogens with zero attached hydrogens (tertiary/aromatic N) is 1. The minimum atomic E-state index is -0.440.